The minimum atomic E-state index is 0. The summed E-state index contributed by atoms with van der Waals surface area (Å²) in [7, 11) is 1.89. The van der Waals surface area contributed by atoms with Crippen molar-refractivity contribution in [2.45, 2.75) is 33.1 Å². The minimum absolute atomic E-state index is 0. The van der Waals surface area contributed by atoms with Crippen LogP contribution in [0.3, 0.4) is 0 Å². The molecule has 0 aliphatic carbocycles. The first-order valence-corrected chi connectivity index (χ1v) is 6.85. The van der Waals surface area contributed by atoms with E-state index in [0.717, 1.165) is 43.0 Å². The Bertz CT molecular complexity index is 411. The van der Waals surface area contributed by atoms with E-state index in [1.54, 1.807) is 0 Å². The van der Waals surface area contributed by atoms with E-state index < -0.39 is 0 Å². The van der Waals surface area contributed by atoms with Gasteiger partial charge in [0.15, 0.2) is 0 Å². The molecule has 1 aromatic rings. The molecule has 2 N–H and O–H groups in total. The Balaban J connectivity index is 0.00000361. The van der Waals surface area contributed by atoms with Crippen LogP contribution >= 0.6 is 12.4 Å². The molecule has 0 aliphatic rings. The van der Waals surface area contributed by atoms with Crippen LogP contribution in [0.5, 0.6) is 5.75 Å². The van der Waals surface area contributed by atoms with Crippen LogP contribution in [-0.2, 0) is 4.79 Å². The Hall–Kier alpha value is -1.26. The Morgan fingerprint density at radius 1 is 1.35 bits per heavy atom. The molecular formula is C15H25ClN2O2. The molecule has 0 radical (unpaired) electrons. The summed E-state index contributed by atoms with van der Waals surface area (Å²) in [6, 6.07) is 5.75. The molecule has 114 valence electrons. The predicted molar refractivity (Wildman–Crippen MR) is 86.0 cm³/mol. The molecule has 0 heterocycles. The van der Waals surface area contributed by atoms with Gasteiger partial charge in [0.25, 0.3) is 0 Å². The Kier molecular flexibility index (Phi) is 9.86. The van der Waals surface area contributed by atoms with Gasteiger partial charge in [-0.2, -0.15) is 0 Å². The standard InChI is InChI=1S/C15H24N2O2.ClH/c1-4-10-19-13-7-8-14(12(2)11-13)17-15(18)6-5-9-16-3;/h7-8,11,16H,4-6,9-10H2,1-3H3,(H,17,18);1H. The van der Waals surface area contributed by atoms with Crippen molar-refractivity contribution < 1.29 is 9.53 Å². The molecule has 1 rings (SSSR count). The molecule has 0 unspecified atom stereocenters. The number of hydrogen-bond acceptors (Lipinski definition) is 3. The van der Waals surface area contributed by atoms with Gasteiger partial charge in [0, 0.05) is 12.1 Å². The Morgan fingerprint density at radius 3 is 2.70 bits per heavy atom. The molecule has 0 aromatic heterocycles. The minimum Gasteiger partial charge on any atom is -0.494 e. The highest BCUT2D eigenvalue weighted by Gasteiger charge is 2.05. The summed E-state index contributed by atoms with van der Waals surface area (Å²) >= 11 is 0. The van der Waals surface area contributed by atoms with Gasteiger partial charge in [0.1, 0.15) is 5.75 Å². The van der Waals surface area contributed by atoms with Crippen LogP contribution in [0, 0.1) is 6.92 Å². The number of ether oxygens (including phenoxy) is 1. The number of benzene rings is 1. The van der Waals surface area contributed by atoms with Crippen molar-refractivity contribution in [2.24, 2.45) is 0 Å². The maximum atomic E-state index is 11.7. The average Bonchev–Trinajstić information content (AvgIpc) is 2.39. The molecule has 0 spiro atoms. The monoisotopic (exact) mass is 300 g/mol. The van der Waals surface area contributed by atoms with E-state index in [1.807, 2.05) is 32.2 Å². The molecule has 0 atom stereocenters. The van der Waals surface area contributed by atoms with Crippen LogP contribution in [0.1, 0.15) is 31.7 Å². The van der Waals surface area contributed by atoms with E-state index in [1.165, 1.54) is 0 Å². The van der Waals surface area contributed by atoms with Gasteiger partial charge in [-0.1, -0.05) is 6.92 Å². The van der Waals surface area contributed by atoms with E-state index in [9.17, 15) is 4.79 Å². The smallest absolute Gasteiger partial charge is 0.224 e. The lowest BCUT2D eigenvalue weighted by atomic mass is 10.2. The van der Waals surface area contributed by atoms with Gasteiger partial charge in [0.05, 0.1) is 6.61 Å². The number of carbonyl (C=O) groups excluding carboxylic acids is 1. The first kappa shape index (κ1) is 18.7. The summed E-state index contributed by atoms with van der Waals surface area (Å²) in [4.78, 5) is 11.7. The van der Waals surface area contributed by atoms with Crippen molar-refractivity contribution in [3.05, 3.63) is 23.8 Å². The lowest BCUT2D eigenvalue weighted by Crippen LogP contribution is -2.15. The summed E-state index contributed by atoms with van der Waals surface area (Å²) in [6.07, 6.45) is 2.37. The molecular weight excluding hydrogens is 276 g/mol. The summed E-state index contributed by atoms with van der Waals surface area (Å²) < 4.78 is 5.55. The molecule has 4 nitrogen and oxygen atoms in total. The maximum absolute atomic E-state index is 11.7. The fraction of sp³-hybridized carbons (Fsp3) is 0.533. The number of aryl methyl sites for hydroxylation is 1. The highest BCUT2D eigenvalue weighted by atomic mass is 35.5. The number of carbonyl (C=O) groups is 1. The third-order valence-corrected chi connectivity index (χ3v) is 2.78. The fourth-order valence-electron chi connectivity index (χ4n) is 1.72. The highest BCUT2D eigenvalue weighted by molar-refractivity contribution is 5.91. The highest BCUT2D eigenvalue weighted by Crippen LogP contribution is 2.21. The third-order valence-electron chi connectivity index (χ3n) is 2.78. The quantitative estimate of drug-likeness (QED) is 0.725. The van der Waals surface area contributed by atoms with Crippen molar-refractivity contribution in [1.29, 1.82) is 0 Å². The SMILES string of the molecule is CCCOc1ccc(NC(=O)CCCNC)c(C)c1.Cl. The van der Waals surface area contributed by atoms with E-state index in [4.69, 9.17) is 4.74 Å². The normalized spacial score (nSPS) is 9.75. The van der Waals surface area contributed by atoms with E-state index in [-0.39, 0.29) is 18.3 Å². The maximum Gasteiger partial charge on any atom is 0.224 e. The first-order chi connectivity index (χ1) is 9.17. The second-order valence-electron chi connectivity index (χ2n) is 4.58. The number of anilines is 1. The molecule has 0 saturated carbocycles. The molecule has 1 aromatic carbocycles. The molecule has 1 amide bonds. The van der Waals surface area contributed by atoms with Crippen molar-refractivity contribution >= 4 is 24.0 Å². The van der Waals surface area contributed by atoms with Crippen LogP contribution in [0.15, 0.2) is 18.2 Å². The molecule has 0 fully saturated rings. The van der Waals surface area contributed by atoms with Gasteiger partial charge in [-0.15, -0.1) is 12.4 Å². The second-order valence-corrected chi connectivity index (χ2v) is 4.58. The zero-order valence-corrected chi connectivity index (χ0v) is 13.3. The van der Waals surface area contributed by atoms with Gasteiger partial charge in [-0.25, -0.2) is 0 Å². The third kappa shape index (κ3) is 6.78. The van der Waals surface area contributed by atoms with Crippen LogP contribution in [0.25, 0.3) is 0 Å². The van der Waals surface area contributed by atoms with E-state index in [0.29, 0.717) is 6.42 Å². The lowest BCUT2D eigenvalue weighted by molar-refractivity contribution is -0.116. The Morgan fingerprint density at radius 2 is 2.10 bits per heavy atom. The van der Waals surface area contributed by atoms with Gasteiger partial charge < -0.3 is 15.4 Å². The summed E-state index contributed by atoms with van der Waals surface area (Å²) in [6.45, 7) is 5.62. The van der Waals surface area contributed by atoms with Crippen molar-refractivity contribution in [3.63, 3.8) is 0 Å². The largest absolute Gasteiger partial charge is 0.494 e. The van der Waals surface area contributed by atoms with Crippen LogP contribution < -0.4 is 15.4 Å². The Labute approximate surface area is 127 Å². The van der Waals surface area contributed by atoms with Crippen LogP contribution in [-0.4, -0.2) is 26.1 Å². The first-order valence-electron chi connectivity index (χ1n) is 6.85. The van der Waals surface area contributed by atoms with Crippen LogP contribution in [0.2, 0.25) is 0 Å². The van der Waals surface area contributed by atoms with Gasteiger partial charge >= 0.3 is 0 Å². The van der Waals surface area contributed by atoms with Crippen molar-refractivity contribution in [2.75, 3.05) is 25.5 Å². The summed E-state index contributed by atoms with van der Waals surface area (Å²) in [5, 5.41) is 5.96. The average molecular weight is 301 g/mol. The van der Waals surface area contributed by atoms with E-state index >= 15 is 0 Å². The number of halogens is 1. The number of hydrogen-bond donors (Lipinski definition) is 2. The zero-order chi connectivity index (χ0) is 14.1. The number of amides is 1. The van der Waals surface area contributed by atoms with Gasteiger partial charge in [-0.05, 0) is 57.1 Å². The lowest BCUT2D eigenvalue weighted by Gasteiger charge is -2.11. The topological polar surface area (TPSA) is 50.4 Å². The number of rotatable bonds is 8. The molecule has 0 saturated heterocycles. The zero-order valence-electron chi connectivity index (χ0n) is 12.5. The number of nitrogens with one attached hydrogen (secondary N) is 2. The fourth-order valence-corrected chi connectivity index (χ4v) is 1.72. The van der Waals surface area contributed by atoms with Crippen LogP contribution in [0.4, 0.5) is 5.69 Å². The predicted octanol–water partition coefficient (Wildman–Crippen LogP) is 3.14. The van der Waals surface area contributed by atoms with E-state index in [2.05, 4.69) is 17.6 Å². The van der Waals surface area contributed by atoms with Gasteiger partial charge in [-0.3, -0.25) is 4.79 Å². The van der Waals surface area contributed by atoms with Gasteiger partial charge in [0.2, 0.25) is 5.91 Å². The second kappa shape index (κ2) is 10.5. The molecule has 0 aliphatic heterocycles. The van der Waals surface area contributed by atoms with Crippen molar-refractivity contribution in [3.8, 4) is 5.75 Å². The molecule has 0 bridgehead atoms. The molecule has 5 heteroatoms. The summed E-state index contributed by atoms with van der Waals surface area (Å²) in [5.74, 6) is 0.910. The summed E-state index contributed by atoms with van der Waals surface area (Å²) in [5.41, 5.74) is 1.88. The molecule has 20 heavy (non-hydrogen) atoms. The van der Waals surface area contributed by atoms with Crippen molar-refractivity contribution in [1.82, 2.24) is 5.32 Å².